The Labute approximate surface area is 83.7 Å². The summed E-state index contributed by atoms with van der Waals surface area (Å²) in [6.45, 7) is 0. The molecule has 0 aromatic heterocycles. The first-order valence-electron chi connectivity index (χ1n) is 3.87. The molecule has 15 heavy (non-hydrogen) atoms. The van der Waals surface area contributed by atoms with Crippen LogP contribution >= 0.6 is 0 Å². The van der Waals surface area contributed by atoms with E-state index in [0.717, 1.165) is 0 Å². The number of aliphatic imine (C=N–C) groups is 1. The zero-order chi connectivity index (χ0) is 11.6. The van der Waals surface area contributed by atoms with Crippen LogP contribution in [0, 0.1) is 0 Å². The summed E-state index contributed by atoms with van der Waals surface area (Å²) in [7, 11) is 0. The van der Waals surface area contributed by atoms with Gasteiger partial charge in [0.25, 0.3) is 0 Å². The topological polar surface area (TPSA) is 160 Å². The first-order valence-corrected chi connectivity index (χ1v) is 3.87. The molecule has 0 aromatic rings. The molecule has 1 fully saturated rings. The SMILES string of the molecule is NC(N)=NC1NC(C(=O)O)C(C(=O)O)O1. The minimum Gasteiger partial charge on any atom is -0.480 e. The maximum absolute atomic E-state index is 10.6. The largest absolute Gasteiger partial charge is 0.480 e. The van der Waals surface area contributed by atoms with E-state index < -0.39 is 30.4 Å². The van der Waals surface area contributed by atoms with Crippen molar-refractivity contribution in [2.45, 2.75) is 18.5 Å². The van der Waals surface area contributed by atoms with E-state index in [4.69, 9.17) is 26.4 Å². The van der Waals surface area contributed by atoms with Crippen LogP contribution in [0.5, 0.6) is 0 Å². The van der Waals surface area contributed by atoms with Crippen LogP contribution in [0.4, 0.5) is 0 Å². The first-order chi connectivity index (χ1) is 6.91. The molecule has 1 rings (SSSR count). The molecule has 1 aliphatic heterocycles. The summed E-state index contributed by atoms with van der Waals surface area (Å²) in [4.78, 5) is 24.7. The van der Waals surface area contributed by atoms with Crippen molar-refractivity contribution in [3.63, 3.8) is 0 Å². The number of hydrogen-bond donors (Lipinski definition) is 5. The Morgan fingerprint density at radius 1 is 1.27 bits per heavy atom. The fraction of sp³-hybridized carbons (Fsp3) is 0.500. The van der Waals surface area contributed by atoms with Gasteiger partial charge in [0.15, 0.2) is 12.1 Å². The fourth-order valence-corrected chi connectivity index (χ4v) is 1.10. The summed E-state index contributed by atoms with van der Waals surface area (Å²) < 4.78 is 4.77. The van der Waals surface area contributed by atoms with Crippen LogP contribution < -0.4 is 16.8 Å². The third-order valence-corrected chi connectivity index (χ3v) is 1.68. The number of nitrogens with two attached hydrogens (primary N) is 2. The van der Waals surface area contributed by atoms with Crippen molar-refractivity contribution in [2.24, 2.45) is 16.5 Å². The van der Waals surface area contributed by atoms with Crippen molar-refractivity contribution in [1.29, 1.82) is 0 Å². The van der Waals surface area contributed by atoms with E-state index in [1.165, 1.54) is 0 Å². The summed E-state index contributed by atoms with van der Waals surface area (Å²) in [6, 6.07) is -1.38. The van der Waals surface area contributed by atoms with Crippen molar-refractivity contribution in [3.05, 3.63) is 0 Å². The van der Waals surface area contributed by atoms with Crippen molar-refractivity contribution in [3.8, 4) is 0 Å². The third kappa shape index (κ3) is 2.54. The Balaban J connectivity index is 2.78. The third-order valence-electron chi connectivity index (χ3n) is 1.68. The summed E-state index contributed by atoms with van der Waals surface area (Å²) >= 11 is 0. The fourth-order valence-electron chi connectivity index (χ4n) is 1.10. The van der Waals surface area contributed by atoms with Crippen LogP contribution in [-0.4, -0.2) is 46.6 Å². The van der Waals surface area contributed by atoms with E-state index in [1.807, 2.05) is 0 Å². The average molecular weight is 218 g/mol. The number of guanidine groups is 1. The summed E-state index contributed by atoms with van der Waals surface area (Å²) in [5, 5.41) is 19.6. The molecule has 3 unspecified atom stereocenters. The minimum absolute atomic E-state index is 0.331. The molecule has 9 heteroatoms. The van der Waals surface area contributed by atoms with Crippen molar-refractivity contribution in [2.75, 3.05) is 0 Å². The van der Waals surface area contributed by atoms with Crippen molar-refractivity contribution >= 4 is 17.9 Å². The second kappa shape index (κ2) is 4.11. The Morgan fingerprint density at radius 2 is 1.87 bits per heavy atom. The highest BCUT2D eigenvalue weighted by molar-refractivity contribution is 5.85. The summed E-state index contributed by atoms with van der Waals surface area (Å²) in [5.74, 6) is -3.08. The summed E-state index contributed by atoms with van der Waals surface area (Å²) in [6.07, 6.45) is -2.67. The molecule has 0 bridgehead atoms. The number of rotatable bonds is 3. The van der Waals surface area contributed by atoms with Crippen molar-refractivity contribution in [1.82, 2.24) is 5.32 Å². The average Bonchev–Trinajstić information content (AvgIpc) is 2.46. The normalized spacial score (nSPS) is 29.7. The van der Waals surface area contributed by atoms with E-state index in [2.05, 4.69) is 10.3 Å². The first kappa shape index (κ1) is 11.2. The van der Waals surface area contributed by atoms with Crippen molar-refractivity contribution < 1.29 is 24.5 Å². The lowest BCUT2D eigenvalue weighted by Gasteiger charge is -2.07. The van der Waals surface area contributed by atoms with Gasteiger partial charge in [-0.15, -0.1) is 0 Å². The van der Waals surface area contributed by atoms with Gasteiger partial charge in [0, 0.05) is 0 Å². The van der Waals surface area contributed by atoms with Gasteiger partial charge in [-0.3, -0.25) is 10.1 Å². The number of aliphatic carboxylic acids is 2. The molecule has 7 N–H and O–H groups in total. The quantitative estimate of drug-likeness (QED) is 0.248. The molecule has 1 saturated heterocycles. The molecule has 84 valence electrons. The monoisotopic (exact) mass is 218 g/mol. The molecule has 1 heterocycles. The molecule has 0 amide bonds. The smallest absolute Gasteiger partial charge is 0.335 e. The number of carboxylic acid groups (broad SMARTS) is 2. The maximum atomic E-state index is 10.6. The predicted octanol–water partition coefficient (Wildman–Crippen LogP) is -2.93. The number of carbonyl (C=O) groups is 2. The van der Waals surface area contributed by atoms with Crippen LogP contribution in [-0.2, 0) is 14.3 Å². The van der Waals surface area contributed by atoms with E-state index in [9.17, 15) is 9.59 Å². The molecule has 0 saturated carbocycles. The number of carboxylic acids is 2. The van der Waals surface area contributed by atoms with Gasteiger partial charge in [-0.2, -0.15) is 0 Å². The Hall–Kier alpha value is -1.87. The second-order valence-corrected chi connectivity index (χ2v) is 2.78. The molecule has 0 spiro atoms. The molecule has 0 aromatic carbocycles. The number of nitrogens with one attached hydrogen (secondary N) is 1. The van der Waals surface area contributed by atoms with Gasteiger partial charge in [0.1, 0.15) is 6.04 Å². The molecule has 3 atom stereocenters. The molecule has 0 aliphatic carbocycles. The zero-order valence-corrected chi connectivity index (χ0v) is 7.45. The molecule has 1 aliphatic rings. The van der Waals surface area contributed by atoms with E-state index in [-0.39, 0.29) is 5.96 Å². The second-order valence-electron chi connectivity index (χ2n) is 2.78. The highest BCUT2D eigenvalue weighted by Crippen LogP contribution is 2.13. The number of nitrogens with zero attached hydrogens (tertiary/aromatic N) is 1. The number of hydrogen-bond acceptors (Lipinski definition) is 5. The maximum Gasteiger partial charge on any atom is 0.335 e. The van der Waals surface area contributed by atoms with Crippen LogP contribution in [0.3, 0.4) is 0 Å². The van der Waals surface area contributed by atoms with Crippen LogP contribution in [0.15, 0.2) is 4.99 Å². The minimum atomic E-state index is -1.52. The van der Waals surface area contributed by atoms with E-state index in [1.54, 1.807) is 0 Å². The zero-order valence-electron chi connectivity index (χ0n) is 7.45. The standard InChI is InChI=1S/C6H10N4O5/c7-5(8)10-6-9-1(3(11)12)2(15-6)4(13)14/h1-2,6,9H,(H,11,12)(H,13,14)(H4,7,8,10). The van der Waals surface area contributed by atoms with Gasteiger partial charge in [0.05, 0.1) is 0 Å². The molecular formula is C6H10N4O5. The Kier molecular flexibility index (Phi) is 3.07. The van der Waals surface area contributed by atoms with E-state index >= 15 is 0 Å². The van der Waals surface area contributed by atoms with Gasteiger partial charge in [-0.25, -0.2) is 9.79 Å². The highest BCUT2D eigenvalue weighted by atomic mass is 16.6. The molecule has 9 nitrogen and oxygen atoms in total. The predicted molar refractivity (Wildman–Crippen MR) is 46.7 cm³/mol. The van der Waals surface area contributed by atoms with Gasteiger partial charge >= 0.3 is 11.9 Å². The summed E-state index contributed by atoms with van der Waals surface area (Å²) in [5.41, 5.74) is 10.1. The lowest BCUT2D eigenvalue weighted by Crippen LogP contribution is -2.43. The van der Waals surface area contributed by atoms with Gasteiger partial charge in [-0.1, -0.05) is 0 Å². The Bertz CT molecular complexity index is 291. The van der Waals surface area contributed by atoms with E-state index in [0.29, 0.717) is 0 Å². The lowest BCUT2D eigenvalue weighted by atomic mass is 10.2. The van der Waals surface area contributed by atoms with Crippen LogP contribution in [0.25, 0.3) is 0 Å². The lowest BCUT2D eigenvalue weighted by molar-refractivity contribution is -0.154. The van der Waals surface area contributed by atoms with Crippen LogP contribution in [0.2, 0.25) is 0 Å². The highest BCUT2D eigenvalue weighted by Gasteiger charge is 2.43. The molecular weight excluding hydrogens is 208 g/mol. The van der Waals surface area contributed by atoms with Crippen LogP contribution in [0.1, 0.15) is 0 Å². The van der Waals surface area contributed by atoms with Gasteiger partial charge < -0.3 is 26.4 Å². The van der Waals surface area contributed by atoms with Gasteiger partial charge in [0.2, 0.25) is 6.35 Å². The molecule has 0 radical (unpaired) electrons. The Morgan fingerprint density at radius 3 is 2.20 bits per heavy atom. The number of ether oxygens (including phenoxy) is 1. The van der Waals surface area contributed by atoms with Gasteiger partial charge in [-0.05, 0) is 0 Å².